The van der Waals surface area contributed by atoms with Crippen LogP contribution >= 0.6 is 11.6 Å². The summed E-state index contributed by atoms with van der Waals surface area (Å²) in [5.41, 5.74) is 2.12. The molecule has 0 unspecified atom stereocenters. The maximum atomic E-state index is 12.4. The number of aromatic nitrogens is 2. The molecule has 2 rings (SSSR count). The molecule has 1 aromatic carbocycles. The number of hydrogen-bond donors (Lipinski definition) is 1. The smallest absolute Gasteiger partial charge is 0.256 e. The normalized spacial score (nSPS) is 10.8. The predicted octanol–water partition coefficient (Wildman–Crippen LogP) is 2.68. The van der Waals surface area contributed by atoms with Crippen molar-refractivity contribution < 1.29 is 14.3 Å². The fourth-order valence-electron chi connectivity index (χ4n) is 2.38. The zero-order valence-corrected chi connectivity index (χ0v) is 15.4. The van der Waals surface area contributed by atoms with Crippen molar-refractivity contribution in [1.29, 1.82) is 0 Å². The number of hydrogen-bond acceptors (Lipinski definition) is 4. The lowest BCUT2D eigenvalue weighted by Crippen LogP contribution is -2.26. The molecule has 0 saturated carbocycles. The lowest BCUT2D eigenvalue weighted by molar-refractivity contribution is 0.0688. The van der Waals surface area contributed by atoms with Gasteiger partial charge < -0.3 is 14.8 Å². The summed E-state index contributed by atoms with van der Waals surface area (Å²) in [7, 11) is 1.63. The molecule has 0 saturated heterocycles. The fraction of sp³-hybridized carbons (Fsp3) is 0.444. The summed E-state index contributed by atoms with van der Waals surface area (Å²) in [6, 6.07) is 9.87. The number of halogens is 1. The van der Waals surface area contributed by atoms with Gasteiger partial charge in [0.15, 0.2) is 0 Å². The third kappa shape index (κ3) is 5.85. The van der Waals surface area contributed by atoms with Crippen molar-refractivity contribution in [3.05, 3.63) is 52.3 Å². The Balaban J connectivity index is 1.87. The maximum absolute atomic E-state index is 12.4. The molecule has 0 aliphatic rings. The Morgan fingerprint density at radius 1 is 1.24 bits per heavy atom. The highest BCUT2D eigenvalue weighted by Crippen LogP contribution is 2.20. The van der Waals surface area contributed by atoms with Gasteiger partial charge in [-0.05, 0) is 18.9 Å². The van der Waals surface area contributed by atoms with E-state index in [-0.39, 0.29) is 5.91 Å². The molecule has 0 aliphatic heterocycles. The van der Waals surface area contributed by atoms with Crippen LogP contribution < -0.4 is 5.32 Å². The number of aryl methyl sites for hydroxylation is 1. The van der Waals surface area contributed by atoms with Crippen LogP contribution in [-0.2, 0) is 16.0 Å². The summed E-state index contributed by atoms with van der Waals surface area (Å²) >= 11 is 6.37. The molecule has 0 atom stereocenters. The second-order valence-corrected chi connectivity index (χ2v) is 5.97. The first-order chi connectivity index (χ1) is 12.1. The van der Waals surface area contributed by atoms with Gasteiger partial charge >= 0.3 is 0 Å². The van der Waals surface area contributed by atoms with Crippen LogP contribution in [-0.4, -0.2) is 49.2 Å². The first-order valence-corrected chi connectivity index (χ1v) is 8.63. The van der Waals surface area contributed by atoms with E-state index in [0.717, 1.165) is 12.0 Å². The minimum Gasteiger partial charge on any atom is -0.382 e. The summed E-state index contributed by atoms with van der Waals surface area (Å²) in [4.78, 5) is 12.4. The molecule has 136 valence electrons. The molecular formula is C18H24ClN3O3. The number of carbonyl (C=O) groups is 1. The van der Waals surface area contributed by atoms with Crippen molar-refractivity contribution >= 4 is 17.5 Å². The fourth-order valence-corrected chi connectivity index (χ4v) is 2.70. The van der Waals surface area contributed by atoms with Gasteiger partial charge in [-0.2, -0.15) is 5.10 Å². The van der Waals surface area contributed by atoms with E-state index in [9.17, 15) is 4.79 Å². The van der Waals surface area contributed by atoms with E-state index in [1.807, 2.05) is 30.3 Å². The first-order valence-electron chi connectivity index (χ1n) is 8.25. The Morgan fingerprint density at radius 2 is 2.00 bits per heavy atom. The number of ether oxygens (including phenoxy) is 2. The van der Waals surface area contributed by atoms with Gasteiger partial charge in [0.25, 0.3) is 5.91 Å². The van der Waals surface area contributed by atoms with Crippen LogP contribution in [0.25, 0.3) is 0 Å². The molecule has 1 aromatic heterocycles. The van der Waals surface area contributed by atoms with E-state index >= 15 is 0 Å². The first kappa shape index (κ1) is 19.4. The molecule has 0 radical (unpaired) electrons. The number of rotatable bonds is 10. The topological polar surface area (TPSA) is 65.4 Å². The van der Waals surface area contributed by atoms with E-state index in [1.165, 1.54) is 0 Å². The van der Waals surface area contributed by atoms with Crippen molar-refractivity contribution in [3.8, 4) is 0 Å². The van der Waals surface area contributed by atoms with Gasteiger partial charge in [-0.25, -0.2) is 4.68 Å². The lowest BCUT2D eigenvalue weighted by atomic mass is 10.2. The third-order valence-corrected chi connectivity index (χ3v) is 4.03. The molecule has 1 N–H and O–H groups in total. The van der Waals surface area contributed by atoms with Crippen molar-refractivity contribution in [3.63, 3.8) is 0 Å². The number of nitrogens with zero attached hydrogens (tertiary/aromatic N) is 2. The Labute approximate surface area is 153 Å². The molecule has 0 aliphatic carbocycles. The molecule has 25 heavy (non-hydrogen) atoms. The second kappa shape index (κ2) is 10.2. The summed E-state index contributed by atoms with van der Waals surface area (Å²) < 4.78 is 11.9. The van der Waals surface area contributed by atoms with Gasteiger partial charge in [-0.3, -0.25) is 4.79 Å². The van der Waals surface area contributed by atoms with Gasteiger partial charge in [0, 0.05) is 20.3 Å². The van der Waals surface area contributed by atoms with Crippen molar-refractivity contribution in [2.24, 2.45) is 0 Å². The molecule has 0 fully saturated rings. The SMILES string of the molecule is COCCOCCCNC(=O)c1c(C)nn(Cc2ccccc2)c1Cl. The Morgan fingerprint density at radius 3 is 2.72 bits per heavy atom. The Hall–Kier alpha value is -1.89. The molecular weight excluding hydrogens is 342 g/mol. The summed E-state index contributed by atoms with van der Waals surface area (Å²) in [5, 5.41) is 7.61. The molecule has 2 aromatic rings. The van der Waals surface area contributed by atoms with Crippen LogP contribution in [0.2, 0.25) is 5.15 Å². The highest BCUT2D eigenvalue weighted by Gasteiger charge is 2.20. The van der Waals surface area contributed by atoms with Gasteiger partial charge in [0.2, 0.25) is 0 Å². The Bertz CT molecular complexity index is 674. The molecule has 1 heterocycles. The number of carbonyl (C=O) groups excluding carboxylic acids is 1. The number of nitrogens with one attached hydrogen (secondary N) is 1. The van der Waals surface area contributed by atoms with Crippen molar-refractivity contribution in [2.45, 2.75) is 19.9 Å². The van der Waals surface area contributed by atoms with Crippen LogP contribution in [0.15, 0.2) is 30.3 Å². The van der Waals surface area contributed by atoms with Crippen LogP contribution in [0, 0.1) is 6.92 Å². The average Bonchev–Trinajstić information content (AvgIpc) is 2.88. The van der Waals surface area contributed by atoms with Gasteiger partial charge in [-0.15, -0.1) is 0 Å². The predicted molar refractivity (Wildman–Crippen MR) is 97.2 cm³/mol. The zero-order chi connectivity index (χ0) is 18.1. The van der Waals surface area contributed by atoms with Crippen LogP contribution in [0.5, 0.6) is 0 Å². The minimum absolute atomic E-state index is 0.210. The van der Waals surface area contributed by atoms with Crippen molar-refractivity contribution in [2.75, 3.05) is 33.5 Å². The molecule has 0 bridgehead atoms. The molecule has 6 nitrogen and oxygen atoms in total. The van der Waals surface area contributed by atoms with Crippen LogP contribution in [0.4, 0.5) is 0 Å². The van der Waals surface area contributed by atoms with E-state index in [4.69, 9.17) is 21.1 Å². The highest BCUT2D eigenvalue weighted by atomic mass is 35.5. The summed E-state index contributed by atoms with van der Waals surface area (Å²) in [5.74, 6) is -0.210. The van der Waals surface area contributed by atoms with Gasteiger partial charge in [0.05, 0.1) is 31.0 Å². The summed E-state index contributed by atoms with van der Waals surface area (Å²) in [6.45, 7) is 4.54. The quantitative estimate of drug-likeness (QED) is 0.657. The largest absolute Gasteiger partial charge is 0.382 e. The van der Waals surface area contributed by atoms with Gasteiger partial charge in [0.1, 0.15) is 5.15 Å². The minimum atomic E-state index is -0.210. The third-order valence-electron chi connectivity index (χ3n) is 3.65. The monoisotopic (exact) mass is 365 g/mol. The molecule has 0 spiro atoms. The van der Waals surface area contributed by atoms with E-state index in [1.54, 1.807) is 18.7 Å². The van der Waals surface area contributed by atoms with E-state index < -0.39 is 0 Å². The number of amides is 1. The van der Waals surface area contributed by atoms with E-state index in [0.29, 0.717) is 49.3 Å². The van der Waals surface area contributed by atoms with Gasteiger partial charge in [-0.1, -0.05) is 41.9 Å². The van der Waals surface area contributed by atoms with Crippen LogP contribution in [0.1, 0.15) is 28.0 Å². The zero-order valence-electron chi connectivity index (χ0n) is 14.6. The maximum Gasteiger partial charge on any atom is 0.256 e. The number of benzene rings is 1. The highest BCUT2D eigenvalue weighted by molar-refractivity contribution is 6.33. The van der Waals surface area contributed by atoms with E-state index in [2.05, 4.69) is 10.4 Å². The molecule has 7 heteroatoms. The van der Waals surface area contributed by atoms with Crippen LogP contribution in [0.3, 0.4) is 0 Å². The average molecular weight is 366 g/mol. The Kier molecular flexibility index (Phi) is 7.91. The second-order valence-electron chi connectivity index (χ2n) is 5.61. The van der Waals surface area contributed by atoms with Crippen molar-refractivity contribution in [1.82, 2.24) is 15.1 Å². The standard InChI is InChI=1S/C18H24ClN3O3/c1-14-16(18(23)20-9-6-10-25-12-11-24-2)17(19)22(21-14)13-15-7-4-3-5-8-15/h3-5,7-8H,6,9-13H2,1-2H3,(H,20,23). The number of methoxy groups -OCH3 is 1. The lowest BCUT2D eigenvalue weighted by Gasteiger charge is -2.06. The molecule has 1 amide bonds. The summed E-state index contributed by atoms with van der Waals surface area (Å²) in [6.07, 6.45) is 0.726.